The molecule has 1 N–H and O–H groups in total. The number of fused-ring (bicyclic) bond motifs is 1. The van der Waals surface area contributed by atoms with Crippen molar-refractivity contribution in [2.45, 2.75) is 19.4 Å². The number of hydrogen-bond acceptors (Lipinski definition) is 3. The molecule has 0 aliphatic carbocycles. The Kier molecular flexibility index (Phi) is 3.33. The van der Waals surface area contributed by atoms with Gasteiger partial charge in [0.15, 0.2) is 0 Å². The number of amides is 1. The molecule has 0 fully saturated rings. The van der Waals surface area contributed by atoms with Crippen molar-refractivity contribution in [3.05, 3.63) is 23.8 Å². The summed E-state index contributed by atoms with van der Waals surface area (Å²) >= 11 is 0. The van der Waals surface area contributed by atoms with E-state index in [-0.39, 0.29) is 11.9 Å². The minimum atomic E-state index is 0.0954. The molecular formula is C13H18N2O2. The van der Waals surface area contributed by atoms with Gasteiger partial charge in [-0.3, -0.25) is 4.79 Å². The first-order valence-electron chi connectivity index (χ1n) is 5.84. The van der Waals surface area contributed by atoms with Crippen LogP contribution in [0.2, 0.25) is 0 Å². The van der Waals surface area contributed by atoms with E-state index in [4.69, 9.17) is 4.74 Å². The number of anilines is 1. The number of nitrogens with zero attached hydrogens (tertiary/aromatic N) is 1. The van der Waals surface area contributed by atoms with Crippen LogP contribution < -0.4 is 15.0 Å². The van der Waals surface area contributed by atoms with Gasteiger partial charge in [0.25, 0.3) is 0 Å². The lowest BCUT2D eigenvalue weighted by molar-refractivity contribution is -0.118. The van der Waals surface area contributed by atoms with E-state index in [0.29, 0.717) is 13.0 Å². The highest BCUT2D eigenvalue weighted by atomic mass is 16.5. The third-order valence-corrected chi connectivity index (χ3v) is 3.22. The summed E-state index contributed by atoms with van der Waals surface area (Å²) in [4.78, 5) is 13.4. The van der Waals surface area contributed by atoms with Gasteiger partial charge < -0.3 is 15.0 Å². The first-order chi connectivity index (χ1) is 8.13. The highest BCUT2D eigenvalue weighted by Gasteiger charge is 2.20. The molecule has 17 heavy (non-hydrogen) atoms. The van der Waals surface area contributed by atoms with E-state index in [1.165, 1.54) is 0 Å². The van der Waals surface area contributed by atoms with Crippen LogP contribution >= 0.6 is 0 Å². The van der Waals surface area contributed by atoms with Gasteiger partial charge in [0.05, 0.1) is 18.7 Å². The molecule has 1 aliphatic heterocycles. The highest BCUT2D eigenvalue weighted by Crippen LogP contribution is 2.32. The minimum absolute atomic E-state index is 0.0954. The summed E-state index contributed by atoms with van der Waals surface area (Å²) in [5.74, 6) is 0.878. The van der Waals surface area contributed by atoms with Crippen LogP contribution in [-0.4, -0.2) is 26.6 Å². The van der Waals surface area contributed by atoms with E-state index in [1.54, 1.807) is 11.9 Å². The van der Waals surface area contributed by atoms with Crippen LogP contribution in [0, 0.1) is 0 Å². The summed E-state index contributed by atoms with van der Waals surface area (Å²) in [5, 5.41) is 3.19. The van der Waals surface area contributed by atoms with Crippen molar-refractivity contribution < 1.29 is 9.53 Å². The van der Waals surface area contributed by atoms with Gasteiger partial charge in [-0.2, -0.15) is 0 Å². The topological polar surface area (TPSA) is 41.6 Å². The van der Waals surface area contributed by atoms with Crippen LogP contribution in [0.1, 0.15) is 24.9 Å². The molecular weight excluding hydrogens is 216 g/mol. The predicted molar refractivity (Wildman–Crippen MR) is 67.4 cm³/mol. The fourth-order valence-corrected chi connectivity index (χ4v) is 1.90. The Morgan fingerprint density at radius 2 is 2.24 bits per heavy atom. The number of hydrogen-bond donors (Lipinski definition) is 1. The zero-order valence-corrected chi connectivity index (χ0v) is 10.5. The Morgan fingerprint density at radius 1 is 1.47 bits per heavy atom. The molecule has 1 atom stereocenters. The largest absolute Gasteiger partial charge is 0.491 e. The predicted octanol–water partition coefficient (Wildman–Crippen LogP) is 1.71. The molecule has 4 nitrogen and oxygen atoms in total. The number of nitrogens with one attached hydrogen (secondary N) is 1. The summed E-state index contributed by atoms with van der Waals surface area (Å²) in [6.45, 7) is 2.54. The molecule has 0 spiro atoms. The molecule has 1 aromatic rings. The molecule has 4 heteroatoms. The minimum Gasteiger partial charge on any atom is -0.491 e. The first kappa shape index (κ1) is 11.9. The molecule has 1 unspecified atom stereocenters. The maximum atomic E-state index is 11.8. The number of carbonyl (C=O) groups excluding carboxylic acids is 1. The van der Waals surface area contributed by atoms with Crippen molar-refractivity contribution in [2.75, 3.05) is 25.6 Å². The van der Waals surface area contributed by atoms with Crippen LogP contribution in [0.3, 0.4) is 0 Å². The molecule has 0 aromatic heterocycles. The van der Waals surface area contributed by atoms with Gasteiger partial charge >= 0.3 is 0 Å². The van der Waals surface area contributed by atoms with Crippen LogP contribution in [0.15, 0.2) is 18.2 Å². The van der Waals surface area contributed by atoms with Crippen molar-refractivity contribution in [3.63, 3.8) is 0 Å². The molecule has 0 saturated heterocycles. The number of carbonyl (C=O) groups is 1. The van der Waals surface area contributed by atoms with E-state index in [0.717, 1.165) is 17.0 Å². The molecule has 2 rings (SSSR count). The molecule has 1 heterocycles. The monoisotopic (exact) mass is 234 g/mol. The van der Waals surface area contributed by atoms with Gasteiger partial charge in [-0.1, -0.05) is 6.07 Å². The van der Waals surface area contributed by atoms with Crippen molar-refractivity contribution in [1.82, 2.24) is 5.32 Å². The summed E-state index contributed by atoms with van der Waals surface area (Å²) in [5.41, 5.74) is 2.00. The first-order valence-corrected chi connectivity index (χ1v) is 5.84. The Morgan fingerprint density at radius 3 is 2.94 bits per heavy atom. The SMILES string of the molecule is CNC(C)c1ccc2c(c1)N(C)C(=O)CCO2. The smallest absolute Gasteiger partial charge is 0.230 e. The maximum Gasteiger partial charge on any atom is 0.230 e. The number of benzene rings is 1. The molecule has 0 saturated carbocycles. The van der Waals surface area contributed by atoms with Crippen LogP contribution in [0.25, 0.3) is 0 Å². The zero-order valence-electron chi connectivity index (χ0n) is 10.5. The van der Waals surface area contributed by atoms with Gasteiger partial charge in [0.2, 0.25) is 5.91 Å². The fraction of sp³-hybridized carbons (Fsp3) is 0.462. The van der Waals surface area contributed by atoms with Crippen molar-refractivity contribution in [1.29, 1.82) is 0 Å². The van der Waals surface area contributed by atoms with E-state index in [1.807, 2.05) is 25.2 Å². The van der Waals surface area contributed by atoms with Gasteiger partial charge in [-0.05, 0) is 31.7 Å². The Balaban J connectivity index is 2.41. The summed E-state index contributed by atoms with van der Waals surface area (Å²) in [6.07, 6.45) is 0.433. The lowest BCUT2D eigenvalue weighted by Crippen LogP contribution is -2.25. The Bertz CT molecular complexity index is 431. The Hall–Kier alpha value is -1.55. The second-order valence-electron chi connectivity index (χ2n) is 4.29. The van der Waals surface area contributed by atoms with Gasteiger partial charge in [0, 0.05) is 13.1 Å². The summed E-state index contributed by atoms with van der Waals surface area (Å²) in [6, 6.07) is 6.24. The lowest BCUT2D eigenvalue weighted by Gasteiger charge is -2.19. The average molecular weight is 234 g/mol. The highest BCUT2D eigenvalue weighted by molar-refractivity contribution is 5.95. The Labute approximate surface area is 102 Å². The van der Waals surface area contributed by atoms with Gasteiger partial charge in [-0.25, -0.2) is 0 Å². The van der Waals surface area contributed by atoms with E-state index >= 15 is 0 Å². The third kappa shape index (κ3) is 2.26. The van der Waals surface area contributed by atoms with Gasteiger partial charge in [0.1, 0.15) is 5.75 Å². The van der Waals surface area contributed by atoms with Crippen LogP contribution in [0.5, 0.6) is 5.75 Å². The number of ether oxygens (including phenoxy) is 1. The van der Waals surface area contributed by atoms with Crippen LogP contribution in [-0.2, 0) is 4.79 Å². The van der Waals surface area contributed by atoms with E-state index in [9.17, 15) is 4.79 Å². The average Bonchev–Trinajstić information content (AvgIpc) is 2.49. The molecule has 1 aliphatic rings. The van der Waals surface area contributed by atoms with Crippen molar-refractivity contribution in [3.8, 4) is 5.75 Å². The van der Waals surface area contributed by atoms with Crippen molar-refractivity contribution in [2.24, 2.45) is 0 Å². The normalized spacial score (nSPS) is 17.1. The second kappa shape index (κ2) is 4.75. The molecule has 1 amide bonds. The van der Waals surface area contributed by atoms with Crippen LogP contribution in [0.4, 0.5) is 5.69 Å². The van der Waals surface area contributed by atoms with Crippen molar-refractivity contribution >= 4 is 11.6 Å². The number of rotatable bonds is 2. The van der Waals surface area contributed by atoms with E-state index in [2.05, 4.69) is 12.2 Å². The summed E-state index contributed by atoms with van der Waals surface area (Å²) in [7, 11) is 3.71. The standard InChI is InChI=1S/C13H18N2O2/c1-9(14-2)10-4-5-12-11(8-10)15(3)13(16)6-7-17-12/h4-5,8-9,14H,6-7H2,1-3H3. The lowest BCUT2D eigenvalue weighted by atomic mass is 10.1. The third-order valence-electron chi connectivity index (χ3n) is 3.22. The maximum absolute atomic E-state index is 11.8. The zero-order chi connectivity index (χ0) is 12.4. The summed E-state index contributed by atoms with van der Waals surface area (Å²) < 4.78 is 5.57. The molecule has 92 valence electrons. The van der Waals surface area contributed by atoms with Gasteiger partial charge in [-0.15, -0.1) is 0 Å². The fourth-order valence-electron chi connectivity index (χ4n) is 1.90. The molecule has 0 radical (unpaired) electrons. The molecule has 1 aromatic carbocycles. The molecule has 0 bridgehead atoms. The second-order valence-corrected chi connectivity index (χ2v) is 4.29. The quantitative estimate of drug-likeness (QED) is 0.847. The van der Waals surface area contributed by atoms with E-state index < -0.39 is 0 Å².